The molecule has 0 radical (unpaired) electrons. The summed E-state index contributed by atoms with van der Waals surface area (Å²) in [6.07, 6.45) is -10.3. The van der Waals surface area contributed by atoms with Gasteiger partial charge in [-0.15, -0.1) is 0 Å². The van der Waals surface area contributed by atoms with Crippen molar-refractivity contribution in [2.24, 2.45) is 0 Å². The zero-order valence-corrected chi connectivity index (χ0v) is 51.5. The quantitative estimate of drug-likeness (QED) is 0.0233. The second-order valence-electron chi connectivity index (χ2n) is 23.4. The first kappa shape index (κ1) is 72.5. The molecule has 0 aromatic heterocycles. The fourth-order valence-corrected chi connectivity index (χ4v) is 12.4. The minimum atomic E-state index is -5.47. The highest BCUT2D eigenvalue weighted by atomic mass is 19.4. The first-order chi connectivity index (χ1) is 42.4. The highest BCUT2D eigenvalue weighted by Crippen LogP contribution is 2.48. The minimum Gasteiger partial charge on any atom is -0.457 e. The SMILES string of the molecule is CCCCCCCCCC[C@H](OC(=O)[C@](OC)(c1ccccc1)C(F)(F)F)[C@H]1CC[C@H]([C@@H](CC[C@H](OC(=O)[C@](OC)(c2ccccc2)C(F)(F)F)[C@@H]2CC[C@@H](CCCCCCCCCC3=C[C@H](C)OC3=O)O2)OC(=O)[C@](OC)(c2ccccc2)C(F)(F)F)O1. The molecule has 496 valence electrons. The summed E-state index contributed by atoms with van der Waals surface area (Å²) in [5.74, 6) is -5.91. The third kappa shape index (κ3) is 18.2. The minimum absolute atomic E-state index is 0.0251. The van der Waals surface area contributed by atoms with Gasteiger partial charge in [0.1, 0.15) is 24.4 Å². The van der Waals surface area contributed by atoms with Crippen molar-refractivity contribution in [2.75, 3.05) is 21.3 Å². The maximum Gasteiger partial charge on any atom is 0.432 e. The summed E-state index contributed by atoms with van der Waals surface area (Å²) in [5.41, 5.74) is -12.2. The van der Waals surface area contributed by atoms with Gasteiger partial charge in [-0.3, -0.25) is 0 Å². The third-order valence-electron chi connectivity index (χ3n) is 17.3. The fourth-order valence-electron chi connectivity index (χ4n) is 12.4. The van der Waals surface area contributed by atoms with Gasteiger partial charge < -0.3 is 42.6 Å². The van der Waals surface area contributed by atoms with E-state index < -0.39 is 125 Å². The van der Waals surface area contributed by atoms with Gasteiger partial charge in [0.05, 0.1) is 24.4 Å². The van der Waals surface area contributed by atoms with E-state index in [2.05, 4.69) is 6.92 Å². The summed E-state index contributed by atoms with van der Waals surface area (Å²) in [7, 11) is 2.08. The summed E-state index contributed by atoms with van der Waals surface area (Å²) in [4.78, 5) is 55.3. The van der Waals surface area contributed by atoms with Gasteiger partial charge in [-0.2, -0.15) is 39.5 Å². The molecule has 3 aromatic rings. The summed E-state index contributed by atoms with van der Waals surface area (Å²) in [6, 6.07) is 18.2. The number of hydrogen-bond acceptors (Lipinski definition) is 13. The lowest BCUT2D eigenvalue weighted by atomic mass is 9.91. The molecule has 0 bridgehead atoms. The molecule has 22 heteroatoms. The number of halogens is 9. The number of benzene rings is 3. The summed E-state index contributed by atoms with van der Waals surface area (Å²) < 4.78 is 190. The molecule has 6 rings (SSSR count). The van der Waals surface area contributed by atoms with E-state index in [0.717, 1.165) is 127 Å². The summed E-state index contributed by atoms with van der Waals surface area (Å²) in [5, 5.41) is 0. The van der Waals surface area contributed by atoms with Crippen LogP contribution in [0.25, 0.3) is 0 Å². The molecular formula is C67H87F9O13. The zero-order chi connectivity index (χ0) is 64.9. The zero-order valence-electron chi connectivity index (χ0n) is 51.5. The van der Waals surface area contributed by atoms with E-state index in [9.17, 15) is 19.2 Å². The van der Waals surface area contributed by atoms with E-state index in [-0.39, 0.29) is 37.8 Å². The third-order valence-corrected chi connectivity index (χ3v) is 17.3. The number of carbonyl (C=O) groups is 4. The molecule has 0 unspecified atom stereocenters. The molecule has 0 aliphatic carbocycles. The maximum absolute atomic E-state index is 15.6. The standard InChI is InChI=1S/C67H87F9O13/c1-6-7-8-9-10-14-17-29-38-52(87-59(78)62(81-3,65(68,69)70)48-31-22-18-23-32-48)54-41-42-55(86-54)57(89-61(80)64(83-5,67(74,75)76)50-35-26-20-27-36-50)44-43-56(88-60(79)63(82-4,66(71,72)73)49-33-24-19-25-34-49)53-40-39-51(85-53)37-28-16-13-11-12-15-21-30-47-45-46(2)84-58(47)77/h18-20,22-27,31-36,45-46,51-57H,6-17,21,28-30,37-44H2,1-5H3/t46-,51+,52-,53-,54+,55+,56-,57+,62+,63+,64+/m0/s1. The van der Waals surface area contributed by atoms with Crippen molar-refractivity contribution in [2.45, 2.75) is 252 Å². The Hall–Kier alpha value is -5.55. The molecule has 2 fully saturated rings. The Kier molecular flexibility index (Phi) is 27.4. The molecule has 13 nitrogen and oxygen atoms in total. The molecule has 2 saturated heterocycles. The summed E-state index contributed by atoms with van der Waals surface area (Å²) in [6.45, 7) is 3.90. The lowest BCUT2D eigenvalue weighted by Gasteiger charge is -2.37. The van der Waals surface area contributed by atoms with E-state index >= 15 is 39.5 Å². The van der Waals surface area contributed by atoms with Crippen LogP contribution >= 0.6 is 0 Å². The molecular weight excluding hydrogens is 1180 g/mol. The average Bonchev–Trinajstić information content (AvgIpc) is 1.44. The van der Waals surface area contributed by atoms with E-state index in [1.165, 1.54) is 54.6 Å². The molecule has 89 heavy (non-hydrogen) atoms. The van der Waals surface area contributed by atoms with Crippen molar-refractivity contribution < 1.29 is 101 Å². The molecule has 0 N–H and O–H groups in total. The Morgan fingerprint density at radius 2 is 0.820 bits per heavy atom. The number of rotatable bonds is 37. The predicted molar refractivity (Wildman–Crippen MR) is 311 cm³/mol. The number of ether oxygens (including phenoxy) is 9. The van der Waals surface area contributed by atoms with Gasteiger partial charge in [-0.05, 0) is 83.6 Å². The van der Waals surface area contributed by atoms with Crippen molar-refractivity contribution in [3.05, 3.63) is 119 Å². The van der Waals surface area contributed by atoms with E-state index in [0.29, 0.717) is 51.9 Å². The van der Waals surface area contributed by atoms with Crippen molar-refractivity contribution >= 4 is 23.9 Å². The molecule has 3 heterocycles. The summed E-state index contributed by atoms with van der Waals surface area (Å²) >= 11 is 0. The first-order valence-electron chi connectivity index (χ1n) is 31.3. The van der Waals surface area contributed by atoms with Gasteiger partial charge >= 0.3 is 42.4 Å². The number of methoxy groups -OCH3 is 3. The van der Waals surface area contributed by atoms with Crippen LogP contribution in [0.4, 0.5) is 39.5 Å². The number of unbranched alkanes of at least 4 members (excludes halogenated alkanes) is 13. The Balaban J connectivity index is 1.29. The molecule has 3 aromatic carbocycles. The number of carbonyl (C=O) groups excluding carboxylic acids is 4. The van der Waals surface area contributed by atoms with Crippen LogP contribution in [0.5, 0.6) is 0 Å². The average molecular weight is 1270 g/mol. The number of alkyl halides is 9. The number of hydrogen-bond donors (Lipinski definition) is 0. The second-order valence-corrected chi connectivity index (χ2v) is 23.4. The van der Waals surface area contributed by atoms with Crippen LogP contribution in [0.2, 0.25) is 0 Å². The van der Waals surface area contributed by atoms with Crippen molar-refractivity contribution in [3.8, 4) is 0 Å². The van der Waals surface area contributed by atoms with Crippen LogP contribution in [0.3, 0.4) is 0 Å². The largest absolute Gasteiger partial charge is 0.457 e. The Morgan fingerprint density at radius 1 is 0.472 bits per heavy atom. The van der Waals surface area contributed by atoms with Crippen LogP contribution in [0.1, 0.15) is 185 Å². The molecule has 3 aliphatic rings. The fraction of sp³-hybridized carbons (Fsp3) is 0.642. The molecule has 11 atom stereocenters. The van der Waals surface area contributed by atoms with Crippen molar-refractivity contribution in [3.63, 3.8) is 0 Å². The second kappa shape index (κ2) is 33.7. The Bertz CT molecular complexity index is 2680. The van der Waals surface area contributed by atoms with Gasteiger partial charge in [0.15, 0.2) is 0 Å². The topological polar surface area (TPSA) is 151 Å². The number of esters is 4. The van der Waals surface area contributed by atoms with Gasteiger partial charge in [-0.1, -0.05) is 181 Å². The lowest BCUT2D eigenvalue weighted by molar-refractivity contribution is -0.282. The maximum atomic E-state index is 15.6. The molecule has 0 spiro atoms. The van der Waals surface area contributed by atoms with Crippen LogP contribution in [0, 0.1) is 0 Å². The molecule has 0 amide bonds. The predicted octanol–water partition coefficient (Wildman–Crippen LogP) is 15.8. The van der Waals surface area contributed by atoms with Gasteiger partial charge in [0.2, 0.25) is 0 Å². The van der Waals surface area contributed by atoms with Crippen LogP contribution in [-0.4, -0.2) is 113 Å². The van der Waals surface area contributed by atoms with Crippen molar-refractivity contribution in [1.82, 2.24) is 0 Å². The van der Waals surface area contributed by atoms with Crippen LogP contribution in [-0.2, 0) is 78.6 Å². The molecule has 3 aliphatic heterocycles. The monoisotopic (exact) mass is 1270 g/mol. The highest BCUT2D eigenvalue weighted by molar-refractivity contribution is 5.90. The van der Waals surface area contributed by atoms with E-state index in [1.807, 2.05) is 13.0 Å². The van der Waals surface area contributed by atoms with Gasteiger partial charge in [-0.25, -0.2) is 19.2 Å². The highest BCUT2D eigenvalue weighted by Gasteiger charge is 2.67. The lowest BCUT2D eigenvalue weighted by Crippen LogP contribution is -2.54. The Labute approximate surface area is 516 Å². The molecule has 0 saturated carbocycles. The normalized spacial score (nSPS) is 22.0. The van der Waals surface area contributed by atoms with Crippen molar-refractivity contribution in [1.29, 1.82) is 0 Å². The van der Waals surface area contributed by atoms with Gasteiger partial charge in [0.25, 0.3) is 16.8 Å². The van der Waals surface area contributed by atoms with E-state index in [1.54, 1.807) is 0 Å². The van der Waals surface area contributed by atoms with Crippen LogP contribution in [0.15, 0.2) is 103 Å². The first-order valence-corrected chi connectivity index (χ1v) is 31.3. The van der Waals surface area contributed by atoms with Gasteiger partial charge in [0, 0.05) is 43.6 Å². The Morgan fingerprint density at radius 3 is 1.19 bits per heavy atom. The smallest absolute Gasteiger partial charge is 0.432 e. The van der Waals surface area contributed by atoms with E-state index in [4.69, 9.17) is 42.6 Å². The number of cyclic esters (lactones) is 1. The van der Waals surface area contributed by atoms with Crippen LogP contribution < -0.4 is 0 Å².